The van der Waals surface area contributed by atoms with Gasteiger partial charge in [-0.05, 0) is 35.7 Å². The lowest BCUT2D eigenvalue weighted by atomic mass is 9.55. The number of benzene rings is 2. The van der Waals surface area contributed by atoms with Crippen LogP contribution in [0.4, 0.5) is 0 Å². The first-order valence-electron chi connectivity index (χ1n) is 9.44. The van der Waals surface area contributed by atoms with E-state index in [2.05, 4.69) is 17.5 Å². The summed E-state index contributed by atoms with van der Waals surface area (Å²) in [5.74, 6) is 0.175. The van der Waals surface area contributed by atoms with Gasteiger partial charge in [-0.15, -0.1) is 0 Å². The minimum atomic E-state index is -1.23. The molecule has 29 heavy (non-hydrogen) atoms. The van der Waals surface area contributed by atoms with E-state index in [1.54, 1.807) is 6.08 Å². The number of carboxylic acids is 1. The van der Waals surface area contributed by atoms with Crippen LogP contribution in [0.2, 0.25) is 0 Å². The van der Waals surface area contributed by atoms with Gasteiger partial charge in [-0.3, -0.25) is 9.52 Å². The first-order valence-corrected chi connectivity index (χ1v) is 10.3. The SMILES string of the molecule is CC(C)C(C(=O)O)(C(NS)c1cccc(Oc2ccccc2)c1)C(C)(C)C=CCl. The quantitative estimate of drug-likeness (QED) is 0.397. The zero-order valence-corrected chi connectivity index (χ0v) is 18.7. The van der Waals surface area contributed by atoms with Crippen LogP contribution >= 0.6 is 24.4 Å². The van der Waals surface area contributed by atoms with Gasteiger partial charge in [0, 0.05) is 11.0 Å². The van der Waals surface area contributed by atoms with Gasteiger partial charge in [-0.2, -0.15) is 0 Å². The Morgan fingerprint density at radius 1 is 1.14 bits per heavy atom. The van der Waals surface area contributed by atoms with Gasteiger partial charge in [0.25, 0.3) is 0 Å². The molecule has 0 saturated heterocycles. The summed E-state index contributed by atoms with van der Waals surface area (Å²) in [6.45, 7) is 7.56. The molecule has 2 aromatic carbocycles. The lowest BCUT2D eigenvalue weighted by molar-refractivity contribution is -0.162. The molecule has 0 fully saturated rings. The van der Waals surface area contributed by atoms with Crippen molar-refractivity contribution in [3.63, 3.8) is 0 Å². The molecule has 2 rings (SSSR count). The van der Waals surface area contributed by atoms with E-state index >= 15 is 0 Å². The van der Waals surface area contributed by atoms with Crippen molar-refractivity contribution in [2.24, 2.45) is 16.7 Å². The highest BCUT2D eigenvalue weighted by Gasteiger charge is 2.57. The second-order valence-electron chi connectivity index (χ2n) is 7.89. The number of hydrogen-bond acceptors (Lipinski definition) is 4. The van der Waals surface area contributed by atoms with Crippen molar-refractivity contribution in [1.29, 1.82) is 0 Å². The van der Waals surface area contributed by atoms with Gasteiger partial charge in [0.2, 0.25) is 0 Å². The average Bonchev–Trinajstić information content (AvgIpc) is 2.66. The molecule has 2 unspecified atom stereocenters. The van der Waals surface area contributed by atoms with Crippen molar-refractivity contribution >= 4 is 30.4 Å². The lowest BCUT2D eigenvalue weighted by Gasteiger charge is -2.49. The summed E-state index contributed by atoms with van der Waals surface area (Å²) in [4.78, 5) is 12.8. The van der Waals surface area contributed by atoms with Crippen LogP contribution in [-0.4, -0.2) is 11.1 Å². The highest BCUT2D eigenvalue weighted by atomic mass is 35.5. The monoisotopic (exact) mass is 433 g/mol. The van der Waals surface area contributed by atoms with Crippen LogP contribution in [0.25, 0.3) is 0 Å². The molecular weight excluding hydrogens is 406 g/mol. The van der Waals surface area contributed by atoms with Gasteiger partial charge < -0.3 is 9.84 Å². The van der Waals surface area contributed by atoms with Gasteiger partial charge >= 0.3 is 5.97 Å². The highest BCUT2D eigenvalue weighted by molar-refractivity contribution is 7.78. The molecule has 6 heteroatoms. The zero-order valence-electron chi connectivity index (χ0n) is 17.1. The maximum atomic E-state index is 12.8. The maximum Gasteiger partial charge on any atom is 0.312 e. The van der Waals surface area contributed by atoms with Gasteiger partial charge in [-0.1, -0.05) is 88.5 Å². The van der Waals surface area contributed by atoms with E-state index in [-0.39, 0.29) is 5.92 Å². The number of hydrogen-bond donors (Lipinski definition) is 3. The molecule has 0 aliphatic rings. The van der Waals surface area contributed by atoms with E-state index in [0.717, 1.165) is 5.56 Å². The number of ether oxygens (including phenoxy) is 1. The molecule has 0 amide bonds. The Morgan fingerprint density at radius 3 is 2.28 bits per heavy atom. The molecule has 0 aromatic heterocycles. The molecule has 0 radical (unpaired) electrons. The fourth-order valence-corrected chi connectivity index (χ4v) is 4.88. The van der Waals surface area contributed by atoms with Crippen LogP contribution in [0, 0.1) is 16.7 Å². The van der Waals surface area contributed by atoms with Gasteiger partial charge in [0.1, 0.15) is 11.5 Å². The second kappa shape index (κ2) is 9.70. The van der Waals surface area contributed by atoms with Crippen molar-refractivity contribution < 1.29 is 14.6 Å². The summed E-state index contributed by atoms with van der Waals surface area (Å²) in [5, 5.41) is 10.4. The molecule has 0 saturated carbocycles. The molecule has 156 valence electrons. The third-order valence-electron chi connectivity index (χ3n) is 5.57. The van der Waals surface area contributed by atoms with E-state index in [1.165, 1.54) is 5.54 Å². The molecule has 2 N–H and O–H groups in total. The van der Waals surface area contributed by atoms with Crippen molar-refractivity contribution in [3.05, 3.63) is 71.8 Å². The second-order valence-corrected chi connectivity index (χ2v) is 8.40. The molecule has 0 aliphatic heterocycles. The summed E-state index contributed by atoms with van der Waals surface area (Å²) in [7, 11) is 0. The maximum absolute atomic E-state index is 12.8. The summed E-state index contributed by atoms with van der Waals surface area (Å²) >= 11 is 10.2. The number of thiol groups is 1. The average molecular weight is 434 g/mol. The number of halogens is 1. The fraction of sp³-hybridized carbons (Fsp3) is 0.348. The van der Waals surface area contributed by atoms with Crippen LogP contribution in [-0.2, 0) is 4.79 Å². The molecular formula is C23H28ClNO3S. The normalized spacial score (nSPS) is 15.3. The number of carboxylic acid groups (broad SMARTS) is 1. The third kappa shape index (κ3) is 4.63. The smallest absolute Gasteiger partial charge is 0.312 e. The van der Waals surface area contributed by atoms with Crippen molar-refractivity contribution in [1.82, 2.24) is 4.72 Å². The van der Waals surface area contributed by atoms with Crippen molar-refractivity contribution in [3.8, 4) is 11.5 Å². The molecule has 0 heterocycles. The Hall–Kier alpha value is -1.95. The third-order valence-corrected chi connectivity index (χ3v) is 5.95. The predicted octanol–water partition coefficient (Wildman–Crippen LogP) is 6.46. The van der Waals surface area contributed by atoms with Gasteiger partial charge in [0.15, 0.2) is 0 Å². The summed E-state index contributed by atoms with van der Waals surface area (Å²) in [6, 6.07) is 16.3. The van der Waals surface area contributed by atoms with Crippen LogP contribution in [0.5, 0.6) is 11.5 Å². The van der Waals surface area contributed by atoms with Crippen molar-refractivity contribution in [2.45, 2.75) is 33.7 Å². The zero-order chi connectivity index (χ0) is 21.7. The highest BCUT2D eigenvalue weighted by Crippen LogP contribution is 2.55. The largest absolute Gasteiger partial charge is 0.481 e. The fourth-order valence-electron chi connectivity index (χ4n) is 4.21. The van der Waals surface area contributed by atoms with Crippen LogP contribution in [0.3, 0.4) is 0 Å². The molecule has 2 aromatic rings. The Kier molecular flexibility index (Phi) is 7.80. The Bertz CT molecular complexity index is 854. The Morgan fingerprint density at radius 2 is 1.76 bits per heavy atom. The lowest BCUT2D eigenvalue weighted by Crippen LogP contribution is -2.54. The molecule has 0 bridgehead atoms. The Balaban J connectivity index is 2.59. The van der Waals surface area contributed by atoms with Gasteiger partial charge in [0.05, 0.1) is 11.5 Å². The molecule has 0 spiro atoms. The van der Waals surface area contributed by atoms with Crippen molar-refractivity contribution in [2.75, 3.05) is 0 Å². The van der Waals surface area contributed by atoms with Crippen LogP contribution in [0.15, 0.2) is 66.2 Å². The number of rotatable bonds is 9. The van der Waals surface area contributed by atoms with Crippen LogP contribution in [0.1, 0.15) is 39.3 Å². The first kappa shape index (κ1) is 23.3. The minimum Gasteiger partial charge on any atom is -0.481 e. The predicted molar refractivity (Wildman–Crippen MR) is 122 cm³/mol. The van der Waals surface area contributed by atoms with E-state index in [4.69, 9.17) is 16.3 Å². The first-order chi connectivity index (χ1) is 13.7. The van der Waals surface area contributed by atoms with E-state index in [0.29, 0.717) is 11.5 Å². The summed E-state index contributed by atoms with van der Waals surface area (Å²) in [5.41, 5.74) is 0.141. The van der Waals surface area contributed by atoms with Gasteiger partial charge in [-0.25, -0.2) is 0 Å². The van der Waals surface area contributed by atoms with Crippen LogP contribution < -0.4 is 9.46 Å². The number of para-hydroxylation sites is 1. The summed E-state index contributed by atoms with van der Waals surface area (Å²) in [6.07, 6.45) is 1.73. The Labute approximate surface area is 183 Å². The van der Waals surface area contributed by atoms with E-state index < -0.39 is 22.8 Å². The van der Waals surface area contributed by atoms with E-state index in [9.17, 15) is 9.90 Å². The molecule has 4 nitrogen and oxygen atoms in total. The topological polar surface area (TPSA) is 58.6 Å². The standard InChI is InChI=1S/C23H28ClNO3S/c1-16(2)23(21(26)27,22(3,4)13-14-24)20(25-29)17-9-8-12-19(15-17)28-18-10-6-5-7-11-18/h5-16,20,25,29H,1-4H3,(H,26,27). The minimum absolute atomic E-state index is 0.230. The molecule has 2 atom stereocenters. The number of nitrogens with one attached hydrogen (secondary N) is 1. The number of allylic oxidation sites excluding steroid dienone is 1. The van der Waals surface area contributed by atoms with E-state index in [1.807, 2.05) is 82.3 Å². The number of carbonyl (C=O) groups is 1. The number of aliphatic carboxylic acids is 1. The summed E-state index contributed by atoms with van der Waals surface area (Å²) < 4.78 is 8.90. The molecule has 0 aliphatic carbocycles.